The second-order valence-electron chi connectivity index (χ2n) is 5.63. The van der Waals surface area contributed by atoms with Crippen molar-refractivity contribution in [2.75, 3.05) is 0 Å². The summed E-state index contributed by atoms with van der Waals surface area (Å²) in [5.41, 5.74) is 2.55. The van der Waals surface area contributed by atoms with E-state index >= 15 is 0 Å². The van der Waals surface area contributed by atoms with E-state index in [-0.39, 0.29) is 0 Å². The van der Waals surface area contributed by atoms with E-state index in [1.54, 1.807) is 17.5 Å². The molecule has 23 heavy (non-hydrogen) atoms. The Labute approximate surface area is 138 Å². The molecular weight excluding hydrogens is 306 g/mol. The zero-order chi connectivity index (χ0) is 15.7. The number of aryl methyl sites for hydroxylation is 1. The predicted octanol–water partition coefficient (Wildman–Crippen LogP) is 3.68. The summed E-state index contributed by atoms with van der Waals surface area (Å²) in [5, 5.41) is 11.2. The lowest BCUT2D eigenvalue weighted by Gasteiger charge is -2.29. The smallest absolute Gasteiger partial charge is 0.130 e. The van der Waals surface area contributed by atoms with Crippen molar-refractivity contribution >= 4 is 11.3 Å². The Balaban J connectivity index is 1.76. The van der Waals surface area contributed by atoms with Gasteiger partial charge >= 0.3 is 0 Å². The van der Waals surface area contributed by atoms with Gasteiger partial charge in [-0.3, -0.25) is 0 Å². The molecule has 0 amide bonds. The van der Waals surface area contributed by atoms with Crippen LogP contribution in [-0.2, 0) is 23.5 Å². The van der Waals surface area contributed by atoms with Crippen LogP contribution in [-0.4, -0.2) is 9.55 Å². The summed E-state index contributed by atoms with van der Waals surface area (Å²) in [4.78, 5) is 5.32. The van der Waals surface area contributed by atoms with Crippen LogP contribution in [0.1, 0.15) is 28.0 Å². The minimum absolute atomic E-state index is 0.429. The SMILES string of the molecule is N#Cc1ccc2c(c1)COC2(CCn1ccnc1)c1cccs1. The highest BCUT2D eigenvalue weighted by Crippen LogP contribution is 2.46. The largest absolute Gasteiger partial charge is 0.360 e. The van der Waals surface area contributed by atoms with Gasteiger partial charge in [0.25, 0.3) is 0 Å². The molecule has 3 aromatic rings. The lowest BCUT2D eigenvalue weighted by Crippen LogP contribution is -2.27. The Morgan fingerprint density at radius 2 is 2.35 bits per heavy atom. The molecule has 1 aliphatic heterocycles. The van der Waals surface area contributed by atoms with Crippen LogP contribution in [0.3, 0.4) is 0 Å². The highest BCUT2D eigenvalue weighted by atomic mass is 32.1. The van der Waals surface area contributed by atoms with E-state index in [0.29, 0.717) is 12.2 Å². The molecule has 1 unspecified atom stereocenters. The van der Waals surface area contributed by atoms with Crippen molar-refractivity contribution in [3.05, 3.63) is 76.0 Å². The van der Waals surface area contributed by atoms with Crippen LogP contribution in [0.25, 0.3) is 0 Å². The summed E-state index contributed by atoms with van der Waals surface area (Å²) >= 11 is 1.71. The lowest BCUT2D eigenvalue weighted by atomic mass is 9.87. The summed E-state index contributed by atoms with van der Waals surface area (Å²) in [6, 6.07) is 12.3. The van der Waals surface area contributed by atoms with Crippen molar-refractivity contribution in [2.45, 2.75) is 25.2 Å². The zero-order valence-corrected chi connectivity index (χ0v) is 13.3. The molecule has 0 fully saturated rings. The topological polar surface area (TPSA) is 50.8 Å². The highest BCUT2D eigenvalue weighted by Gasteiger charge is 2.42. The summed E-state index contributed by atoms with van der Waals surface area (Å²) < 4.78 is 8.39. The van der Waals surface area contributed by atoms with E-state index in [1.165, 1.54) is 10.4 Å². The fourth-order valence-electron chi connectivity index (χ4n) is 3.20. The molecule has 0 saturated heterocycles. The zero-order valence-electron chi connectivity index (χ0n) is 12.5. The number of benzene rings is 1. The van der Waals surface area contributed by atoms with Crippen LogP contribution >= 0.6 is 11.3 Å². The number of nitriles is 1. The molecule has 0 saturated carbocycles. The Hall–Kier alpha value is -2.42. The molecule has 0 bridgehead atoms. The van der Waals surface area contributed by atoms with Gasteiger partial charge in [-0.1, -0.05) is 12.1 Å². The van der Waals surface area contributed by atoms with E-state index in [9.17, 15) is 0 Å². The Morgan fingerprint density at radius 3 is 3.09 bits per heavy atom. The molecular formula is C18H15N3OS. The maximum absolute atomic E-state index is 9.11. The second kappa shape index (κ2) is 5.65. The summed E-state index contributed by atoms with van der Waals surface area (Å²) in [6.07, 6.45) is 6.43. The number of imidazole rings is 1. The minimum atomic E-state index is -0.429. The van der Waals surface area contributed by atoms with Gasteiger partial charge in [-0.25, -0.2) is 4.98 Å². The van der Waals surface area contributed by atoms with Gasteiger partial charge < -0.3 is 9.30 Å². The Morgan fingerprint density at radius 1 is 1.39 bits per heavy atom. The van der Waals surface area contributed by atoms with E-state index in [1.807, 2.05) is 24.7 Å². The molecule has 0 radical (unpaired) electrons. The molecule has 0 N–H and O–H groups in total. The van der Waals surface area contributed by atoms with Crippen molar-refractivity contribution < 1.29 is 4.74 Å². The van der Waals surface area contributed by atoms with E-state index < -0.39 is 5.60 Å². The van der Waals surface area contributed by atoms with Crippen molar-refractivity contribution in [3.8, 4) is 6.07 Å². The molecule has 5 heteroatoms. The normalized spacial score (nSPS) is 19.4. The van der Waals surface area contributed by atoms with Crippen molar-refractivity contribution in [1.82, 2.24) is 9.55 Å². The minimum Gasteiger partial charge on any atom is -0.360 e. The van der Waals surface area contributed by atoms with Crippen molar-refractivity contribution in [3.63, 3.8) is 0 Å². The third-order valence-corrected chi connectivity index (χ3v) is 5.36. The van der Waals surface area contributed by atoms with Crippen LogP contribution in [0, 0.1) is 11.3 Å². The van der Waals surface area contributed by atoms with Gasteiger partial charge in [0.05, 0.1) is 24.6 Å². The van der Waals surface area contributed by atoms with E-state index in [2.05, 4.69) is 39.2 Å². The molecule has 3 heterocycles. The molecule has 1 aromatic carbocycles. The first-order valence-corrected chi connectivity index (χ1v) is 8.37. The first-order chi connectivity index (χ1) is 11.3. The number of hydrogen-bond acceptors (Lipinski definition) is 4. The maximum Gasteiger partial charge on any atom is 0.130 e. The number of aromatic nitrogens is 2. The standard InChI is InChI=1S/C18H15N3OS/c19-11-14-3-4-16-15(10-14)12-22-18(16,17-2-1-9-23-17)5-7-21-8-6-20-13-21/h1-4,6,8-10,13H,5,7,12H2. The number of nitrogens with zero attached hydrogens (tertiary/aromatic N) is 3. The van der Waals surface area contributed by atoms with Crippen LogP contribution in [0.2, 0.25) is 0 Å². The first-order valence-electron chi connectivity index (χ1n) is 7.49. The molecule has 4 nitrogen and oxygen atoms in total. The van der Waals surface area contributed by atoms with Gasteiger partial charge in [0.1, 0.15) is 5.60 Å². The van der Waals surface area contributed by atoms with Crippen LogP contribution in [0.15, 0.2) is 54.4 Å². The van der Waals surface area contributed by atoms with Crippen LogP contribution < -0.4 is 0 Å². The summed E-state index contributed by atoms with van der Waals surface area (Å²) in [6.45, 7) is 1.38. The third-order valence-electron chi connectivity index (χ3n) is 4.34. The third kappa shape index (κ3) is 2.37. The summed E-state index contributed by atoms with van der Waals surface area (Å²) in [7, 11) is 0. The average Bonchev–Trinajstić information content (AvgIpc) is 3.33. The number of thiophene rings is 1. The van der Waals surface area contributed by atoms with Gasteiger partial charge in [0.15, 0.2) is 0 Å². The molecule has 114 valence electrons. The monoisotopic (exact) mass is 321 g/mol. The number of ether oxygens (including phenoxy) is 1. The van der Waals surface area contributed by atoms with Gasteiger partial charge in [-0.15, -0.1) is 11.3 Å². The first kappa shape index (κ1) is 14.2. The average molecular weight is 321 g/mol. The number of rotatable bonds is 4. The second-order valence-corrected chi connectivity index (χ2v) is 6.57. The fourth-order valence-corrected chi connectivity index (χ4v) is 4.13. The van der Waals surface area contributed by atoms with E-state index in [0.717, 1.165) is 18.5 Å². The molecule has 1 aliphatic rings. The molecule has 0 spiro atoms. The Kier molecular flexibility index (Phi) is 3.49. The van der Waals surface area contributed by atoms with Gasteiger partial charge in [0.2, 0.25) is 0 Å². The summed E-state index contributed by atoms with van der Waals surface area (Å²) in [5.74, 6) is 0. The molecule has 1 atom stereocenters. The van der Waals surface area contributed by atoms with Crippen molar-refractivity contribution in [1.29, 1.82) is 5.26 Å². The van der Waals surface area contributed by atoms with Crippen molar-refractivity contribution in [2.24, 2.45) is 0 Å². The lowest BCUT2D eigenvalue weighted by molar-refractivity contribution is -0.0118. The number of fused-ring (bicyclic) bond motifs is 1. The van der Waals surface area contributed by atoms with Crippen LogP contribution in [0.5, 0.6) is 0 Å². The predicted molar refractivity (Wildman–Crippen MR) is 87.9 cm³/mol. The van der Waals surface area contributed by atoms with Gasteiger partial charge in [0, 0.05) is 30.2 Å². The van der Waals surface area contributed by atoms with E-state index in [4.69, 9.17) is 10.00 Å². The maximum atomic E-state index is 9.11. The molecule has 4 rings (SSSR count). The molecule has 2 aromatic heterocycles. The van der Waals surface area contributed by atoms with Crippen LogP contribution in [0.4, 0.5) is 0 Å². The molecule has 0 aliphatic carbocycles. The highest BCUT2D eigenvalue weighted by molar-refractivity contribution is 7.10. The van der Waals surface area contributed by atoms with Gasteiger partial charge in [-0.2, -0.15) is 5.26 Å². The fraction of sp³-hybridized carbons (Fsp3) is 0.222. The Bertz CT molecular complexity index is 849. The quantitative estimate of drug-likeness (QED) is 0.736. The van der Waals surface area contributed by atoms with Gasteiger partial charge in [-0.05, 0) is 34.7 Å². The number of hydrogen-bond donors (Lipinski definition) is 0.